The van der Waals surface area contributed by atoms with E-state index < -0.39 is 4.92 Å². The number of benzene rings is 2. The molecule has 0 fully saturated rings. The zero-order chi connectivity index (χ0) is 13.8. The first-order chi connectivity index (χ1) is 9.08. The van der Waals surface area contributed by atoms with Gasteiger partial charge in [-0.1, -0.05) is 34.1 Å². The lowest BCUT2D eigenvalue weighted by molar-refractivity contribution is -0.385. The van der Waals surface area contributed by atoms with Gasteiger partial charge in [-0.3, -0.25) is 10.1 Å². The molecular weight excluding hydrogens is 310 g/mol. The van der Waals surface area contributed by atoms with Crippen molar-refractivity contribution in [3.8, 4) is 5.75 Å². The zero-order valence-electron chi connectivity index (χ0n) is 10.3. The summed E-state index contributed by atoms with van der Waals surface area (Å²) in [4.78, 5) is 10.4. The van der Waals surface area contributed by atoms with Gasteiger partial charge in [0.05, 0.1) is 10.5 Å². The van der Waals surface area contributed by atoms with Gasteiger partial charge >= 0.3 is 0 Å². The third-order valence-electron chi connectivity index (χ3n) is 2.74. The van der Waals surface area contributed by atoms with Crippen molar-refractivity contribution in [3.63, 3.8) is 0 Å². The molecule has 0 N–H and O–H groups in total. The van der Waals surface area contributed by atoms with Crippen LogP contribution in [-0.2, 0) is 6.61 Å². The molecule has 0 bridgehead atoms. The summed E-state index contributed by atoms with van der Waals surface area (Å²) in [6.45, 7) is 2.07. The summed E-state index contributed by atoms with van der Waals surface area (Å²) in [6, 6.07) is 12.6. The largest absolute Gasteiger partial charge is 0.488 e. The maximum atomic E-state index is 10.8. The Kier molecular flexibility index (Phi) is 4.16. The summed E-state index contributed by atoms with van der Waals surface area (Å²) in [7, 11) is 0. The quantitative estimate of drug-likeness (QED) is 0.625. The van der Waals surface area contributed by atoms with Crippen molar-refractivity contribution < 1.29 is 9.66 Å². The van der Waals surface area contributed by atoms with Gasteiger partial charge in [0.25, 0.3) is 5.69 Å². The normalized spacial score (nSPS) is 10.2. The number of nitrogens with zero attached hydrogens (tertiary/aromatic N) is 1. The summed E-state index contributed by atoms with van der Waals surface area (Å²) in [5.74, 6) is 0.536. The highest BCUT2D eigenvalue weighted by atomic mass is 79.9. The molecule has 0 aliphatic carbocycles. The smallest absolute Gasteiger partial charge is 0.276 e. The third-order valence-corrected chi connectivity index (χ3v) is 3.23. The third kappa shape index (κ3) is 3.32. The van der Waals surface area contributed by atoms with E-state index in [0.29, 0.717) is 17.9 Å². The van der Waals surface area contributed by atoms with E-state index in [0.717, 1.165) is 10.0 Å². The molecule has 98 valence electrons. The molecule has 0 saturated heterocycles. The molecule has 5 heteroatoms. The molecule has 2 rings (SSSR count). The van der Waals surface area contributed by atoms with Crippen LogP contribution in [0.2, 0.25) is 0 Å². The molecule has 0 aromatic heterocycles. The second-order valence-electron chi connectivity index (χ2n) is 4.08. The highest BCUT2D eigenvalue weighted by molar-refractivity contribution is 9.10. The Morgan fingerprint density at radius 3 is 2.68 bits per heavy atom. The average Bonchev–Trinajstić information content (AvgIpc) is 2.37. The highest BCUT2D eigenvalue weighted by Gasteiger charge is 2.13. The number of hydrogen-bond donors (Lipinski definition) is 0. The summed E-state index contributed by atoms with van der Waals surface area (Å²) < 4.78 is 6.62. The van der Waals surface area contributed by atoms with Crippen LogP contribution in [0.4, 0.5) is 5.69 Å². The Labute approximate surface area is 119 Å². The van der Waals surface area contributed by atoms with E-state index in [4.69, 9.17) is 4.74 Å². The van der Waals surface area contributed by atoms with Crippen LogP contribution in [0.5, 0.6) is 5.75 Å². The predicted octanol–water partition coefficient (Wildman–Crippen LogP) is 4.24. The molecule has 2 aromatic carbocycles. The van der Waals surface area contributed by atoms with Gasteiger partial charge in [-0.25, -0.2) is 0 Å². The highest BCUT2D eigenvalue weighted by Crippen LogP contribution is 2.27. The van der Waals surface area contributed by atoms with Gasteiger partial charge < -0.3 is 4.74 Å². The van der Waals surface area contributed by atoms with E-state index in [2.05, 4.69) is 15.9 Å². The zero-order valence-corrected chi connectivity index (χ0v) is 11.9. The first kappa shape index (κ1) is 13.5. The van der Waals surface area contributed by atoms with E-state index in [1.807, 2.05) is 24.3 Å². The lowest BCUT2D eigenvalue weighted by Gasteiger charge is -2.09. The fourth-order valence-corrected chi connectivity index (χ4v) is 2.19. The first-order valence-electron chi connectivity index (χ1n) is 5.69. The minimum absolute atomic E-state index is 0.0757. The van der Waals surface area contributed by atoms with Gasteiger partial charge in [0.15, 0.2) is 0 Å². The molecule has 0 unspecified atom stereocenters. The molecular formula is C14H12BrNO3. The lowest BCUT2D eigenvalue weighted by Crippen LogP contribution is -1.99. The van der Waals surface area contributed by atoms with Crippen molar-refractivity contribution in [2.45, 2.75) is 13.5 Å². The maximum Gasteiger partial charge on any atom is 0.276 e. The summed E-state index contributed by atoms with van der Waals surface area (Å²) in [6.07, 6.45) is 0. The fraction of sp³-hybridized carbons (Fsp3) is 0.143. The van der Waals surface area contributed by atoms with Crippen LogP contribution in [0.1, 0.15) is 11.1 Å². The van der Waals surface area contributed by atoms with Gasteiger partial charge in [-0.15, -0.1) is 0 Å². The Morgan fingerprint density at radius 1 is 1.26 bits per heavy atom. The van der Waals surface area contributed by atoms with Crippen molar-refractivity contribution in [2.75, 3.05) is 0 Å². The second kappa shape index (κ2) is 5.84. The Hall–Kier alpha value is -1.88. The van der Waals surface area contributed by atoms with Gasteiger partial charge in [-0.05, 0) is 30.7 Å². The monoisotopic (exact) mass is 321 g/mol. The van der Waals surface area contributed by atoms with Gasteiger partial charge in [-0.2, -0.15) is 0 Å². The predicted molar refractivity (Wildman–Crippen MR) is 76.3 cm³/mol. The summed E-state index contributed by atoms with van der Waals surface area (Å²) >= 11 is 3.39. The minimum Gasteiger partial charge on any atom is -0.488 e. The summed E-state index contributed by atoms with van der Waals surface area (Å²) in [5.41, 5.74) is 1.62. The molecule has 0 amide bonds. The van der Waals surface area contributed by atoms with Crippen LogP contribution in [0, 0.1) is 17.0 Å². The van der Waals surface area contributed by atoms with E-state index in [-0.39, 0.29) is 5.69 Å². The van der Waals surface area contributed by atoms with Crippen LogP contribution in [0.3, 0.4) is 0 Å². The van der Waals surface area contributed by atoms with Crippen molar-refractivity contribution in [1.29, 1.82) is 0 Å². The van der Waals surface area contributed by atoms with Crippen molar-refractivity contribution in [3.05, 3.63) is 68.2 Å². The number of rotatable bonds is 4. The maximum absolute atomic E-state index is 10.8. The van der Waals surface area contributed by atoms with Gasteiger partial charge in [0, 0.05) is 10.5 Å². The summed E-state index contributed by atoms with van der Waals surface area (Å²) in [5, 5.41) is 10.8. The molecule has 0 aliphatic rings. The number of nitro benzene ring substituents is 1. The van der Waals surface area contributed by atoms with Crippen LogP contribution in [-0.4, -0.2) is 4.92 Å². The molecule has 0 spiro atoms. The van der Waals surface area contributed by atoms with Crippen molar-refractivity contribution in [1.82, 2.24) is 0 Å². The van der Waals surface area contributed by atoms with Gasteiger partial charge in [0.1, 0.15) is 12.4 Å². The second-order valence-corrected chi connectivity index (χ2v) is 4.99. The van der Waals surface area contributed by atoms with E-state index in [1.54, 1.807) is 19.1 Å². The minimum atomic E-state index is -0.401. The van der Waals surface area contributed by atoms with E-state index >= 15 is 0 Å². The van der Waals surface area contributed by atoms with Crippen molar-refractivity contribution >= 4 is 21.6 Å². The van der Waals surface area contributed by atoms with Crippen LogP contribution in [0.15, 0.2) is 46.9 Å². The number of nitro groups is 1. The van der Waals surface area contributed by atoms with E-state index in [1.165, 1.54) is 6.07 Å². The Balaban J connectivity index is 2.16. The number of ether oxygens (including phenoxy) is 1. The standard InChI is InChI=1S/C14H12BrNO3/c1-10-13(16(17)18)6-3-7-14(10)19-9-11-4-2-5-12(15)8-11/h2-8H,9H2,1H3. The fourth-order valence-electron chi connectivity index (χ4n) is 1.74. The first-order valence-corrected chi connectivity index (χ1v) is 6.48. The topological polar surface area (TPSA) is 52.4 Å². The average molecular weight is 322 g/mol. The van der Waals surface area contributed by atoms with Crippen LogP contribution < -0.4 is 4.74 Å². The molecule has 0 atom stereocenters. The number of halogens is 1. The molecule has 0 heterocycles. The molecule has 2 aromatic rings. The van der Waals surface area contributed by atoms with E-state index in [9.17, 15) is 10.1 Å². The molecule has 0 aliphatic heterocycles. The molecule has 19 heavy (non-hydrogen) atoms. The SMILES string of the molecule is Cc1c(OCc2cccc(Br)c2)cccc1[N+](=O)[O-]. The van der Waals surface area contributed by atoms with Crippen molar-refractivity contribution in [2.24, 2.45) is 0 Å². The molecule has 0 saturated carbocycles. The molecule has 0 radical (unpaired) electrons. The van der Waals surface area contributed by atoms with Crippen LogP contribution >= 0.6 is 15.9 Å². The van der Waals surface area contributed by atoms with Gasteiger partial charge in [0.2, 0.25) is 0 Å². The Morgan fingerprint density at radius 2 is 2.00 bits per heavy atom. The van der Waals surface area contributed by atoms with Crippen LogP contribution in [0.25, 0.3) is 0 Å². The lowest BCUT2D eigenvalue weighted by atomic mass is 10.2. The Bertz CT molecular complexity index is 613. The number of hydrogen-bond acceptors (Lipinski definition) is 3. The molecule has 4 nitrogen and oxygen atoms in total.